The highest BCUT2D eigenvalue weighted by Crippen LogP contribution is 2.53. The van der Waals surface area contributed by atoms with Crippen molar-refractivity contribution in [2.45, 2.75) is 31.6 Å². The minimum Gasteiger partial charge on any atom is -0.508 e. The van der Waals surface area contributed by atoms with E-state index in [1.54, 1.807) is 6.07 Å². The minimum absolute atomic E-state index is 0.325. The molecule has 1 aromatic carbocycles. The zero-order valence-corrected chi connectivity index (χ0v) is 7.38. The molecule has 0 saturated heterocycles. The van der Waals surface area contributed by atoms with Crippen molar-refractivity contribution in [2.75, 3.05) is 0 Å². The molecule has 1 aliphatic carbocycles. The zero-order chi connectivity index (χ0) is 8.60. The summed E-state index contributed by atoms with van der Waals surface area (Å²) in [6, 6.07) is 7.71. The topological polar surface area (TPSA) is 20.2 Å². The largest absolute Gasteiger partial charge is 0.508 e. The molecule has 64 valence electrons. The van der Waals surface area contributed by atoms with Crippen LogP contribution in [-0.2, 0) is 5.41 Å². The van der Waals surface area contributed by atoms with Crippen molar-refractivity contribution in [1.82, 2.24) is 0 Å². The molecule has 0 aromatic heterocycles. The van der Waals surface area contributed by atoms with Crippen LogP contribution in [0.2, 0.25) is 0 Å². The van der Waals surface area contributed by atoms with Crippen LogP contribution in [0.15, 0.2) is 24.3 Å². The number of benzene rings is 1. The van der Waals surface area contributed by atoms with Crippen molar-refractivity contribution in [3.05, 3.63) is 29.8 Å². The van der Waals surface area contributed by atoms with E-state index in [-0.39, 0.29) is 0 Å². The first-order chi connectivity index (χ1) is 5.78. The van der Waals surface area contributed by atoms with Crippen LogP contribution >= 0.6 is 0 Å². The van der Waals surface area contributed by atoms with E-state index in [1.165, 1.54) is 12.8 Å². The van der Waals surface area contributed by atoms with Crippen LogP contribution in [0.4, 0.5) is 0 Å². The summed E-state index contributed by atoms with van der Waals surface area (Å²) in [6.07, 6.45) is 3.62. The summed E-state index contributed by atoms with van der Waals surface area (Å²) in [5.41, 5.74) is 1.47. The second-order valence-electron chi connectivity index (χ2n) is 3.65. The van der Waals surface area contributed by atoms with E-state index in [4.69, 9.17) is 0 Å². The van der Waals surface area contributed by atoms with Crippen LogP contribution in [0, 0.1) is 0 Å². The van der Waals surface area contributed by atoms with Crippen LogP contribution in [0.5, 0.6) is 5.75 Å². The van der Waals surface area contributed by atoms with Gasteiger partial charge in [-0.2, -0.15) is 0 Å². The maximum absolute atomic E-state index is 9.62. The van der Waals surface area contributed by atoms with Crippen molar-refractivity contribution in [1.29, 1.82) is 0 Å². The average molecular weight is 162 g/mol. The lowest BCUT2D eigenvalue weighted by Crippen LogP contribution is -2.03. The highest BCUT2D eigenvalue weighted by Gasteiger charge is 2.43. The standard InChI is InChI=1S/C11H14O/c1-2-11(7-8-11)9-5-3-4-6-10(9)12/h3-6,12H,2,7-8H2,1H3. The summed E-state index contributed by atoms with van der Waals surface area (Å²) in [7, 11) is 0. The van der Waals surface area contributed by atoms with E-state index in [0.29, 0.717) is 11.2 Å². The van der Waals surface area contributed by atoms with Gasteiger partial charge in [0.05, 0.1) is 0 Å². The Hall–Kier alpha value is -0.980. The Morgan fingerprint density at radius 1 is 1.33 bits per heavy atom. The second kappa shape index (κ2) is 2.51. The molecule has 0 bridgehead atoms. The fourth-order valence-electron chi connectivity index (χ4n) is 1.89. The lowest BCUT2D eigenvalue weighted by Gasteiger charge is -2.13. The van der Waals surface area contributed by atoms with Gasteiger partial charge in [-0.1, -0.05) is 25.1 Å². The molecule has 12 heavy (non-hydrogen) atoms. The van der Waals surface area contributed by atoms with Crippen molar-refractivity contribution in [2.24, 2.45) is 0 Å². The summed E-state index contributed by atoms with van der Waals surface area (Å²) < 4.78 is 0. The molecule has 1 nitrogen and oxygen atoms in total. The predicted octanol–water partition coefficient (Wildman–Crippen LogP) is 2.83. The summed E-state index contributed by atoms with van der Waals surface area (Å²) in [5.74, 6) is 0.469. The summed E-state index contributed by atoms with van der Waals surface area (Å²) in [5, 5.41) is 9.62. The molecule has 0 amide bonds. The quantitative estimate of drug-likeness (QED) is 0.709. The lowest BCUT2D eigenvalue weighted by atomic mass is 9.92. The first-order valence-corrected chi connectivity index (χ1v) is 4.57. The van der Waals surface area contributed by atoms with E-state index in [1.807, 2.05) is 18.2 Å². The van der Waals surface area contributed by atoms with E-state index >= 15 is 0 Å². The Bertz CT molecular complexity index is 287. The maximum Gasteiger partial charge on any atom is 0.119 e. The number of para-hydroxylation sites is 1. The highest BCUT2D eigenvalue weighted by molar-refractivity contribution is 5.41. The number of phenolic OH excluding ortho intramolecular Hbond substituents is 1. The number of phenols is 1. The Kier molecular flexibility index (Phi) is 1.60. The Morgan fingerprint density at radius 3 is 2.50 bits per heavy atom. The molecule has 0 unspecified atom stereocenters. The molecule has 1 saturated carbocycles. The maximum atomic E-state index is 9.62. The van der Waals surface area contributed by atoms with Crippen molar-refractivity contribution in [3.8, 4) is 5.75 Å². The predicted molar refractivity (Wildman–Crippen MR) is 49.3 cm³/mol. The molecular weight excluding hydrogens is 148 g/mol. The normalized spacial score (nSPS) is 19.1. The first-order valence-electron chi connectivity index (χ1n) is 4.57. The third-order valence-electron chi connectivity index (χ3n) is 3.01. The summed E-state index contributed by atoms with van der Waals surface area (Å²) >= 11 is 0. The van der Waals surface area contributed by atoms with Gasteiger partial charge in [-0.3, -0.25) is 0 Å². The number of hydrogen-bond acceptors (Lipinski definition) is 1. The molecule has 0 heterocycles. The monoisotopic (exact) mass is 162 g/mol. The number of aromatic hydroxyl groups is 1. The molecule has 1 fully saturated rings. The van der Waals surface area contributed by atoms with Gasteiger partial charge in [-0.15, -0.1) is 0 Å². The first kappa shape index (κ1) is 7.66. The van der Waals surface area contributed by atoms with Gasteiger partial charge in [0, 0.05) is 5.56 Å². The third kappa shape index (κ3) is 1.01. The molecule has 1 heteroatoms. The fourth-order valence-corrected chi connectivity index (χ4v) is 1.89. The number of rotatable bonds is 2. The van der Waals surface area contributed by atoms with Crippen molar-refractivity contribution in [3.63, 3.8) is 0 Å². The Labute approximate surface area is 73.0 Å². The molecule has 2 rings (SSSR count). The van der Waals surface area contributed by atoms with Gasteiger partial charge in [0.15, 0.2) is 0 Å². The van der Waals surface area contributed by atoms with E-state index in [9.17, 15) is 5.11 Å². The summed E-state index contributed by atoms with van der Waals surface area (Å²) in [4.78, 5) is 0. The highest BCUT2D eigenvalue weighted by atomic mass is 16.3. The van der Waals surface area contributed by atoms with E-state index in [0.717, 1.165) is 12.0 Å². The van der Waals surface area contributed by atoms with Crippen LogP contribution in [0.3, 0.4) is 0 Å². The van der Waals surface area contributed by atoms with Gasteiger partial charge in [0.25, 0.3) is 0 Å². The lowest BCUT2D eigenvalue weighted by molar-refractivity contribution is 0.456. The number of hydrogen-bond donors (Lipinski definition) is 1. The van der Waals surface area contributed by atoms with Gasteiger partial charge in [-0.25, -0.2) is 0 Å². The smallest absolute Gasteiger partial charge is 0.119 e. The van der Waals surface area contributed by atoms with E-state index < -0.39 is 0 Å². The summed E-state index contributed by atoms with van der Waals surface area (Å²) in [6.45, 7) is 2.19. The molecular formula is C11H14O. The van der Waals surface area contributed by atoms with Crippen LogP contribution in [0.25, 0.3) is 0 Å². The second-order valence-corrected chi connectivity index (χ2v) is 3.65. The van der Waals surface area contributed by atoms with Gasteiger partial charge < -0.3 is 5.11 Å². The van der Waals surface area contributed by atoms with Gasteiger partial charge >= 0.3 is 0 Å². The van der Waals surface area contributed by atoms with E-state index in [2.05, 4.69) is 6.92 Å². The molecule has 1 aliphatic rings. The molecule has 0 atom stereocenters. The molecule has 1 N–H and O–H groups in total. The Morgan fingerprint density at radius 2 is 2.00 bits per heavy atom. The van der Waals surface area contributed by atoms with Gasteiger partial charge in [0.2, 0.25) is 0 Å². The molecule has 0 radical (unpaired) electrons. The van der Waals surface area contributed by atoms with Crippen molar-refractivity contribution < 1.29 is 5.11 Å². The van der Waals surface area contributed by atoms with Crippen LogP contribution in [0.1, 0.15) is 31.7 Å². The third-order valence-corrected chi connectivity index (χ3v) is 3.01. The van der Waals surface area contributed by atoms with Crippen molar-refractivity contribution >= 4 is 0 Å². The molecule has 0 aliphatic heterocycles. The zero-order valence-electron chi connectivity index (χ0n) is 7.38. The Balaban J connectivity index is 2.40. The van der Waals surface area contributed by atoms with Gasteiger partial charge in [-0.05, 0) is 30.7 Å². The van der Waals surface area contributed by atoms with Crippen LogP contribution in [-0.4, -0.2) is 5.11 Å². The van der Waals surface area contributed by atoms with Gasteiger partial charge in [0.1, 0.15) is 5.75 Å². The molecule has 0 spiro atoms. The molecule has 1 aromatic rings. The fraction of sp³-hybridized carbons (Fsp3) is 0.455. The van der Waals surface area contributed by atoms with Crippen LogP contribution < -0.4 is 0 Å². The average Bonchev–Trinajstić information content (AvgIpc) is 2.86. The minimum atomic E-state index is 0.325. The SMILES string of the molecule is CCC1(c2ccccc2O)CC1.